The summed E-state index contributed by atoms with van der Waals surface area (Å²) in [6.07, 6.45) is 3.82. The van der Waals surface area contributed by atoms with E-state index in [-0.39, 0.29) is 0 Å². The molecular weight excluding hydrogens is 282 g/mol. The summed E-state index contributed by atoms with van der Waals surface area (Å²) in [4.78, 5) is 2.91. The van der Waals surface area contributed by atoms with E-state index in [0.717, 1.165) is 19.0 Å². The highest BCUT2D eigenvalue weighted by atomic mass is 79.9. The number of hydrogen-bond donors (Lipinski definition) is 1. The fourth-order valence-electron chi connectivity index (χ4n) is 1.70. The molecule has 0 aliphatic carbocycles. The normalized spacial score (nSPS) is 13.0. The van der Waals surface area contributed by atoms with Crippen molar-refractivity contribution in [1.82, 2.24) is 5.32 Å². The molecule has 0 spiro atoms. The number of aryl methyl sites for hydroxylation is 2. The summed E-state index contributed by atoms with van der Waals surface area (Å²) in [7, 11) is 0. The van der Waals surface area contributed by atoms with Crippen LogP contribution in [-0.2, 0) is 6.42 Å². The van der Waals surface area contributed by atoms with Crippen molar-refractivity contribution in [2.24, 2.45) is 5.92 Å². The Kier molecular flexibility index (Phi) is 6.62. The van der Waals surface area contributed by atoms with Crippen LogP contribution >= 0.6 is 27.3 Å². The van der Waals surface area contributed by atoms with Gasteiger partial charge in [-0.2, -0.15) is 0 Å². The molecule has 1 atom stereocenters. The highest BCUT2D eigenvalue weighted by molar-refractivity contribution is 9.10. The fourth-order valence-corrected chi connectivity index (χ4v) is 3.32. The second kappa shape index (κ2) is 7.46. The monoisotopic (exact) mass is 303 g/mol. The summed E-state index contributed by atoms with van der Waals surface area (Å²) in [6.45, 7) is 8.94. The third-order valence-corrected chi connectivity index (χ3v) is 5.05. The molecule has 92 valence electrons. The molecule has 16 heavy (non-hydrogen) atoms. The van der Waals surface area contributed by atoms with Gasteiger partial charge < -0.3 is 5.32 Å². The van der Waals surface area contributed by atoms with Crippen molar-refractivity contribution >= 4 is 27.3 Å². The third-order valence-electron chi connectivity index (χ3n) is 2.86. The van der Waals surface area contributed by atoms with Gasteiger partial charge >= 0.3 is 0 Å². The average molecular weight is 304 g/mol. The first-order chi connectivity index (χ1) is 7.63. The first-order valence-electron chi connectivity index (χ1n) is 6.09. The van der Waals surface area contributed by atoms with Crippen LogP contribution < -0.4 is 5.32 Å². The lowest BCUT2D eigenvalue weighted by Gasteiger charge is -2.10. The molecule has 1 rings (SSSR count). The fraction of sp³-hybridized carbons (Fsp3) is 0.692. The Balaban J connectivity index is 2.23. The van der Waals surface area contributed by atoms with Crippen LogP contribution in [-0.4, -0.2) is 13.1 Å². The molecule has 1 aromatic heterocycles. The Morgan fingerprint density at radius 3 is 2.75 bits per heavy atom. The molecule has 1 N–H and O–H groups in total. The van der Waals surface area contributed by atoms with E-state index in [1.165, 1.54) is 33.5 Å². The van der Waals surface area contributed by atoms with E-state index in [2.05, 4.69) is 48.1 Å². The zero-order valence-electron chi connectivity index (χ0n) is 10.5. The van der Waals surface area contributed by atoms with E-state index in [9.17, 15) is 0 Å². The number of nitrogens with one attached hydrogen (secondary N) is 1. The van der Waals surface area contributed by atoms with Gasteiger partial charge in [-0.15, -0.1) is 11.3 Å². The van der Waals surface area contributed by atoms with Crippen LogP contribution in [0.2, 0.25) is 0 Å². The smallest absolute Gasteiger partial charge is 0.0314 e. The van der Waals surface area contributed by atoms with Crippen LogP contribution in [0.5, 0.6) is 0 Å². The van der Waals surface area contributed by atoms with Gasteiger partial charge in [-0.05, 0) is 67.2 Å². The first kappa shape index (κ1) is 14.2. The maximum atomic E-state index is 3.57. The summed E-state index contributed by atoms with van der Waals surface area (Å²) >= 11 is 5.50. The maximum Gasteiger partial charge on any atom is 0.0314 e. The topological polar surface area (TPSA) is 12.0 Å². The molecule has 0 aliphatic rings. The van der Waals surface area contributed by atoms with Crippen molar-refractivity contribution in [3.05, 3.63) is 20.3 Å². The quantitative estimate of drug-likeness (QED) is 0.737. The summed E-state index contributed by atoms with van der Waals surface area (Å²) in [6, 6.07) is 2.27. The van der Waals surface area contributed by atoms with Gasteiger partial charge in [0, 0.05) is 14.2 Å². The second-order valence-corrected chi connectivity index (χ2v) is 6.60. The van der Waals surface area contributed by atoms with Gasteiger partial charge in [-0.25, -0.2) is 0 Å². The molecule has 1 unspecified atom stereocenters. The van der Waals surface area contributed by atoms with Crippen LogP contribution in [0.3, 0.4) is 0 Å². The van der Waals surface area contributed by atoms with Gasteiger partial charge in [0.2, 0.25) is 0 Å². The lowest BCUT2D eigenvalue weighted by atomic mass is 10.0. The maximum absolute atomic E-state index is 3.57. The molecule has 0 bridgehead atoms. The van der Waals surface area contributed by atoms with Gasteiger partial charge in [0.05, 0.1) is 0 Å². The highest BCUT2D eigenvalue weighted by Gasteiger charge is 2.06. The molecule has 3 heteroatoms. The number of rotatable bonds is 7. The van der Waals surface area contributed by atoms with E-state index in [0.29, 0.717) is 0 Å². The van der Waals surface area contributed by atoms with Gasteiger partial charge in [-0.3, -0.25) is 0 Å². The van der Waals surface area contributed by atoms with Crippen molar-refractivity contribution in [1.29, 1.82) is 0 Å². The van der Waals surface area contributed by atoms with Crippen LogP contribution in [0.4, 0.5) is 0 Å². The van der Waals surface area contributed by atoms with E-state index >= 15 is 0 Å². The number of halogens is 1. The molecule has 0 aromatic carbocycles. The minimum absolute atomic E-state index is 0.820. The molecule has 1 aromatic rings. The van der Waals surface area contributed by atoms with Crippen molar-refractivity contribution in [2.75, 3.05) is 13.1 Å². The van der Waals surface area contributed by atoms with Crippen molar-refractivity contribution in [3.63, 3.8) is 0 Å². The van der Waals surface area contributed by atoms with Crippen LogP contribution in [0.1, 0.15) is 36.4 Å². The lowest BCUT2D eigenvalue weighted by Crippen LogP contribution is -2.16. The van der Waals surface area contributed by atoms with Crippen molar-refractivity contribution in [2.45, 2.75) is 40.0 Å². The van der Waals surface area contributed by atoms with Gasteiger partial charge in [0.15, 0.2) is 0 Å². The largest absolute Gasteiger partial charge is 0.317 e. The molecule has 0 fully saturated rings. The SMILES string of the molecule is CCNCCC(C)CCc1cc(Br)c(C)s1. The minimum Gasteiger partial charge on any atom is -0.317 e. The average Bonchev–Trinajstić information content (AvgIpc) is 2.56. The van der Waals surface area contributed by atoms with Crippen molar-refractivity contribution < 1.29 is 0 Å². The summed E-state index contributed by atoms with van der Waals surface area (Å²) in [5, 5.41) is 3.39. The molecule has 0 saturated heterocycles. The molecule has 1 nitrogen and oxygen atoms in total. The first-order valence-corrected chi connectivity index (χ1v) is 7.70. The summed E-state index contributed by atoms with van der Waals surface area (Å²) < 4.78 is 1.27. The predicted molar refractivity (Wildman–Crippen MR) is 77.4 cm³/mol. The number of hydrogen-bond acceptors (Lipinski definition) is 2. The second-order valence-electron chi connectivity index (χ2n) is 4.40. The molecule has 0 aliphatic heterocycles. The van der Waals surface area contributed by atoms with E-state index in [1.54, 1.807) is 0 Å². The summed E-state index contributed by atoms with van der Waals surface area (Å²) in [5.41, 5.74) is 0. The minimum atomic E-state index is 0.820. The zero-order valence-corrected chi connectivity index (χ0v) is 12.9. The molecular formula is C13H22BrNS. The van der Waals surface area contributed by atoms with E-state index in [1.807, 2.05) is 11.3 Å². The van der Waals surface area contributed by atoms with Gasteiger partial charge in [-0.1, -0.05) is 13.8 Å². The van der Waals surface area contributed by atoms with Crippen LogP contribution in [0, 0.1) is 12.8 Å². The predicted octanol–water partition coefficient (Wildman–Crippen LogP) is 4.39. The van der Waals surface area contributed by atoms with E-state index in [4.69, 9.17) is 0 Å². The molecule has 0 radical (unpaired) electrons. The highest BCUT2D eigenvalue weighted by Crippen LogP contribution is 2.28. The Labute approximate surface area is 112 Å². The molecule has 0 amide bonds. The Morgan fingerprint density at radius 1 is 1.44 bits per heavy atom. The zero-order chi connectivity index (χ0) is 12.0. The van der Waals surface area contributed by atoms with Gasteiger partial charge in [0.25, 0.3) is 0 Å². The Hall–Kier alpha value is 0.140. The standard InChI is InChI=1S/C13H22BrNS/c1-4-15-8-7-10(2)5-6-12-9-13(14)11(3)16-12/h9-10,15H,4-8H2,1-3H3. The third kappa shape index (κ3) is 4.98. The summed E-state index contributed by atoms with van der Waals surface area (Å²) in [5.74, 6) is 0.820. The van der Waals surface area contributed by atoms with E-state index < -0.39 is 0 Å². The number of thiophene rings is 1. The Bertz CT molecular complexity index is 289. The lowest BCUT2D eigenvalue weighted by molar-refractivity contribution is 0.475. The van der Waals surface area contributed by atoms with Crippen LogP contribution in [0.15, 0.2) is 10.5 Å². The van der Waals surface area contributed by atoms with Crippen LogP contribution in [0.25, 0.3) is 0 Å². The Morgan fingerprint density at radius 2 is 2.19 bits per heavy atom. The van der Waals surface area contributed by atoms with Gasteiger partial charge in [0.1, 0.15) is 0 Å². The molecule has 1 heterocycles. The molecule has 0 saturated carbocycles. The van der Waals surface area contributed by atoms with Crippen molar-refractivity contribution in [3.8, 4) is 0 Å².